The first-order valence-electron chi connectivity index (χ1n) is 7.09. The molecule has 0 aliphatic carbocycles. The first-order chi connectivity index (χ1) is 10.1. The number of rotatable bonds is 10. The predicted octanol–water partition coefficient (Wildman–Crippen LogP) is 0.475. The minimum absolute atomic E-state index is 0.384. The van der Waals surface area contributed by atoms with Crippen molar-refractivity contribution in [3.63, 3.8) is 0 Å². The van der Waals surface area contributed by atoms with E-state index in [1.54, 1.807) is 0 Å². The van der Waals surface area contributed by atoms with Gasteiger partial charge in [-0.25, -0.2) is 0 Å². The Morgan fingerprint density at radius 3 is 2.57 bits per heavy atom. The molecule has 21 heavy (non-hydrogen) atoms. The Morgan fingerprint density at radius 1 is 1.19 bits per heavy atom. The number of carbonyl (C=O) groups excluding carboxylic acids is 1. The van der Waals surface area contributed by atoms with Crippen LogP contribution in [0.1, 0.15) is 24.8 Å². The molecule has 1 aromatic carbocycles. The van der Waals surface area contributed by atoms with Crippen LogP contribution in [0.15, 0.2) is 30.3 Å². The van der Waals surface area contributed by atoms with Crippen LogP contribution in [-0.2, 0) is 16.1 Å². The first kappa shape index (κ1) is 17.1. The second-order valence-electron chi connectivity index (χ2n) is 4.88. The normalized spacial score (nSPS) is 11.9. The smallest absolute Gasteiger partial charge is 0.322 e. The van der Waals surface area contributed by atoms with Crippen molar-refractivity contribution >= 4 is 11.9 Å². The van der Waals surface area contributed by atoms with E-state index in [-0.39, 0.29) is 6.54 Å². The molecule has 1 amide bonds. The molecule has 1 rings (SSSR count). The lowest BCUT2D eigenvalue weighted by Gasteiger charge is -2.11. The number of hydrogen-bond acceptors (Lipinski definition) is 4. The second-order valence-corrected chi connectivity index (χ2v) is 4.88. The van der Waals surface area contributed by atoms with Gasteiger partial charge >= 0.3 is 5.97 Å². The third kappa shape index (κ3) is 8.06. The molecule has 0 heterocycles. The molecule has 0 unspecified atom stereocenters. The van der Waals surface area contributed by atoms with Crippen LogP contribution in [0.4, 0.5) is 0 Å². The van der Waals surface area contributed by atoms with Crippen molar-refractivity contribution in [3.8, 4) is 0 Å². The highest BCUT2D eigenvalue weighted by Crippen LogP contribution is 2.00. The average molecular weight is 293 g/mol. The van der Waals surface area contributed by atoms with Gasteiger partial charge < -0.3 is 21.5 Å². The SMILES string of the molecule is N[C@@H](CCCCNCc1ccccc1)C(=O)NCC(=O)O. The molecule has 6 nitrogen and oxygen atoms in total. The highest BCUT2D eigenvalue weighted by Gasteiger charge is 2.13. The number of carboxylic acids is 1. The molecule has 1 aromatic rings. The first-order valence-corrected chi connectivity index (χ1v) is 7.09. The lowest BCUT2D eigenvalue weighted by atomic mass is 10.1. The maximum Gasteiger partial charge on any atom is 0.322 e. The molecule has 0 fully saturated rings. The Hall–Kier alpha value is -1.92. The maximum absolute atomic E-state index is 11.4. The minimum atomic E-state index is -1.07. The summed E-state index contributed by atoms with van der Waals surface area (Å²) in [5.74, 6) is -1.48. The standard InChI is InChI=1S/C15H23N3O3/c16-13(15(21)18-11-14(19)20)8-4-5-9-17-10-12-6-2-1-3-7-12/h1-3,6-7,13,17H,4-5,8-11,16H2,(H,18,21)(H,19,20)/t13-/m0/s1. The molecule has 0 aromatic heterocycles. The quantitative estimate of drug-likeness (QED) is 0.470. The van der Waals surface area contributed by atoms with Crippen molar-refractivity contribution in [2.45, 2.75) is 31.8 Å². The van der Waals surface area contributed by atoms with Gasteiger partial charge in [0.2, 0.25) is 5.91 Å². The Bertz CT molecular complexity index is 437. The number of benzene rings is 1. The molecule has 0 aliphatic heterocycles. The van der Waals surface area contributed by atoms with Crippen LogP contribution in [0.5, 0.6) is 0 Å². The van der Waals surface area contributed by atoms with Crippen molar-refractivity contribution in [1.82, 2.24) is 10.6 Å². The van der Waals surface area contributed by atoms with Crippen LogP contribution in [0.25, 0.3) is 0 Å². The third-order valence-electron chi connectivity index (χ3n) is 3.04. The number of aliphatic carboxylic acids is 1. The summed E-state index contributed by atoms with van der Waals surface area (Å²) in [6.07, 6.45) is 2.30. The molecule has 0 bridgehead atoms. The number of hydrogen-bond donors (Lipinski definition) is 4. The Balaban J connectivity index is 2.03. The van der Waals surface area contributed by atoms with Crippen molar-refractivity contribution in [3.05, 3.63) is 35.9 Å². The van der Waals surface area contributed by atoms with Crippen molar-refractivity contribution < 1.29 is 14.7 Å². The van der Waals surface area contributed by atoms with E-state index in [1.807, 2.05) is 18.2 Å². The van der Waals surface area contributed by atoms with Gasteiger partial charge in [-0.1, -0.05) is 36.8 Å². The molecule has 0 spiro atoms. The van der Waals surface area contributed by atoms with Crippen molar-refractivity contribution in [2.75, 3.05) is 13.1 Å². The summed E-state index contributed by atoms with van der Waals surface area (Å²) in [5.41, 5.74) is 6.92. The molecule has 0 radical (unpaired) electrons. The number of carboxylic acid groups (broad SMARTS) is 1. The van der Waals surface area contributed by atoms with Crippen LogP contribution in [-0.4, -0.2) is 36.1 Å². The summed E-state index contributed by atoms with van der Waals surface area (Å²) in [6, 6.07) is 9.49. The van der Waals surface area contributed by atoms with Crippen LogP contribution >= 0.6 is 0 Å². The Morgan fingerprint density at radius 2 is 1.90 bits per heavy atom. The molecule has 5 N–H and O–H groups in total. The van der Waals surface area contributed by atoms with E-state index in [0.717, 1.165) is 25.9 Å². The third-order valence-corrected chi connectivity index (χ3v) is 3.04. The van der Waals surface area contributed by atoms with Gasteiger partial charge in [-0.2, -0.15) is 0 Å². The fourth-order valence-electron chi connectivity index (χ4n) is 1.87. The summed E-state index contributed by atoms with van der Waals surface area (Å²) in [7, 11) is 0. The van der Waals surface area contributed by atoms with Gasteiger partial charge in [0, 0.05) is 6.54 Å². The van der Waals surface area contributed by atoms with Crippen LogP contribution in [0.3, 0.4) is 0 Å². The van der Waals surface area contributed by atoms with E-state index in [4.69, 9.17) is 10.8 Å². The molecule has 1 atom stereocenters. The van der Waals surface area contributed by atoms with Gasteiger partial charge in [-0.3, -0.25) is 9.59 Å². The molecule has 6 heteroatoms. The van der Waals surface area contributed by atoms with E-state index in [9.17, 15) is 9.59 Å². The zero-order valence-electron chi connectivity index (χ0n) is 12.0. The summed E-state index contributed by atoms with van der Waals surface area (Å²) in [5, 5.41) is 14.0. The summed E-state index contributed by atoms with van der Waals surface area (Å²) >= 11 is 0. The van der Waals surface area contributed by atoms with E-state index in [0.29, 0.717) is 6.42 Å². The van der Waals surface area contributed by atoms with Crippen LogP contribution < -0.4 is 16.4 Å². The van der Waals surface area contributed by atoms with Gasteiger partial charge in [0.1, 0.15) is 6.54 Å². The van der Waals surface area contributed by atoms with Gasteiger partial charge in [-0.05, 0) is 24.9 Å². The fourth-order valence-corrected chi connectivity index (χ4v) is 1.87. The monoisotopic (exact) mass is 293 g/mol. The number of nitrogens with two attached hydrogens (primary N) is 1. The van der Waals surface area contributed by atoms with Crippen molar-refractivity contribution in [2.24, 2.45) is 5.73 Å². The average Bonchev–Trinajstić information content (AvgIpc) is 2.49. The van der Waals surface area contributed by atoms with Crippen LogP contribution in [0, 0.1) is 0 Å². The largest absolute Gasteiger partial charge is 0.480 e. The Kier molecular flexibility index (Phi) is 8.08. The van der Waals surface area contributed by atoms with Gasteiger partial charge in [0.25, 0.3) is 0 Å². The highest BCUT2D eigenvalue weighted by atomic mass is 16.4. The van der Waals surface area contributed by atoms with Crippen LogP contribution in [0.2, 0.25) is 0 Å². The van der Waals surface area contributed by atoms with Gasteiger partial charge in [-0.15, -0.1) is 0 Å². The van der Waals surface area contributed by atoms with Gasteiger partial charge in [0.15, 0.2) is 0 Å². The topological polar surface area (TPSA) is 104 Å². The maximum atomic E-state index is 11.4. The molecule has 0 saturated heterocycles. The Labute approximate surface area is 124 Å². The number of carbonyl (C=O) groups is 2. The zero-order valence-corrected chi connectivity index (χ0v) is 12.0. The highest BCUT2D eigenvalue weighted by molar-refractivity contribution is 5.84. The molecule has 0 saturated carbocycles. The number of amides is 1. The molecular weight excluding hydrogens is 270 g/mol. The van der Waals surface area contributed by atoms with E-state index in [1.165, 1.54) is 5.56 Å². The lowest BCUT2D eigenvalue weighted by Crippen LogP contribution is -2.42. The lowest BCUT2D eigenvalue weighted by molar-refractivity contribution is -0.138. The van der Waals surface area contributed by atoms with E-state index >= 15 is 0 Å². The summed E-state index contributed by atoms with van der Waals surface area (Å²) in [6.45, 7) is 1.30. The molecular formula is C15H23N3O3. The van der Waals surface area contributed by atoms with Crippen molar-refractivity contribution in [1.29, 1.82) is 0 Å². The predicted molar refractivity (Wildman–Crippen MR) is 80.6 cm³/mol. The van der Waals surface area contributed by atoms with E-state index < -0.39 is 17.9 Å². The zero-order chi connectivity index (χ0) is 15.5. The summed E-state index contributed by atoms with van der Waals surface area (Å²) < 4.78 is 0. The summed E-state index contributed by atoms with van der Waals surface area (Å²) in [4.78, 5) is 21.7. The number of unbranched alkanes of at least 4 members (excludes halogenated alkanes) is 1. The second kappa shape index (κ2) is 9.90. The van der Waals surface area contributed by atoms with E-state index in [2.05, 4.69) is 22.8 Å². The van der Waals surface area contributed by atoms with Gasteiger partial charge in [0.05, 0.1) is 6.04 Å². The fraction of sp³-hybridized carbons (Fsp3) is 0.467. The molecule has 0 aliphatic rings. The number of nitrogens with one attached hydrogen (secondary N) is 2. The molecule has 116 valence electrons. The minimum Gasteiger partial charge on any atom is -0.480 e.